The van der Waals surface area contributed by atoms with Crippen molar-refractivity contribution in [3.8, 4) is 0 Å². The van der Waals surface area contributed by atoms with E-state index >= 15 is 0 Å². The largest absolute Gasteiger partial charge is 0.421 e. The summed E-state index contributed by atoms with van der Waals surface area (Å²) in [6.07, 6.45) is -2.73. The van der Waals surface area contributed by atoms with Crippen LogP contribution in [-0.2, 0) is 15.7 Å². The summed E-state index contributed by atoms with van der Waals surface area (Å²) in [5, 5.41) is 9.48. The summed E-state index contributed by atoms with van der Waals surface area (Å²) >= 11 is 0. The first-order valence-electron chi connectivity index (χ1n) is 10.1. The molecule has 174 valence electrons. The minimum atomic E-state index is -4.66. The molecule has 3 atom stereocenters. The molecule has 2 aromatic carbocycles. The zero-order valence-corrected chi connectivity index (χ0v) is 19.3. The highest BCUT2D eigenvalue weighted by Gasteiger charge is 2.51. The van der Waals surface area contributed by atoms with E-state index in [-0.39, 0.29) is 10.5 Å². The molecule has 2 aromatic rings. The van der Waals surface area contributed by atoms with Crippen LogP contribution in [0.4, 0.5) is 13.2 Å². The average molecular weight is 461 g/mol. The number of alkyl halides is 3. The van der Waals surface area contributed by atoms with Crippen LogP contribution >= 0.6 is 0 Å². The van der Waals surface area contributed by atoms with Crippen molar-refractivity contribution in [2.75, 3.05) is 0 Å². The monoisotopic (exact) mass is 460 g/mol. The summed E-state index contributed by atoms with van der Waals surface area (Å²) in [5.41, 5.74) is -0.854. The number of hydrogen-bond donors (Lipinski definition) is 2. The van der Waals surface area contributed by atoms with Crippen LogP contribution in [0.5, 0.6) is 0 Å². The van der Waals surface area contributed by atoms with E-state index in [1.165, 1.54) is 24.3 Å². The summed E-state index contributed by atoms with van der Waals surface area (Å²) in [6.45, 7) is 8.94. The maximum atomic E-state index is 12.6. The van der Waals surface area contributed by atoms with E-state index in [1.807, 2.05) is 13.8 Å². The molecule has 0 heterocycles. The molecule has 0 bridgehead atoms. The van der Waals surface area contributed by atoms with Crippen LogP contribution in [0.1, 0.15) is 76.0 Å². The minimum Gasteiger partial charge on any atom is -0.376 e. The standard InChI is InChI=1S/C13H17F3O.C10H14O3S/c1-4-9(2)10-5-7-11(8-6-10)12(3,17)13(14,15)16;1-3-8(2)9-4-6-10(7-5-9)14(11,12)13/h5-9,17H,4H2,1-3H3;4-8H,3H2,1-2H3,(H,11,12,13). The van der Waals surface area contributed by atoms with Crippen LogP contribution in [0.2, 0.25) is 0 Å². The van der Waals surface area contributed by atoms with Gasteiger partial charge in [-0.1, -0.05) is 64.1 Å². The van der Waals surface area contributed by atoms with Crippen molar-refractivity contribution in [1.29, 1.82) is 0 Å². The van der Waals surface area contributed by atoms with Gasteiger partial charge < -0.3 is 5.11 Å². The number of rotatable bonds is 6. The lowest BCUT2D eigenvalue weighted by molar-refractivity contribution is -0.258. The summed E-state index contributed by atoms with van der Waals surface area (Å²) in [7, 11) is -4.05. The Hall–Kier alpha value is -1.90. The minimum absolute atomic E-state index is 0.0513. The highest BCUT2D eigenvalue weighted by molar-refractivity contribution is 7.85. The molecule has 0 fully saturated rings. The summed E-state index contributed by atoms with van der Waals surface area (Å²) in [6, 6.07) is 12.3. The van der Waals surface area contributed by atoms with Crippen molar-refractivity contribution in [3.63, 3.8) is 0 Å². The number of hydrogen-bond acceptors (Lipinski definition) is 3. The second-order valence-corrected chi connectivity index (χ2v) is 9.28. The molecule has 0 aliphatic heterocycles. The first-order valence-corrected chi connectivity index (χ1v) is 11.6. The molecule has 0 spiro atoms. The second-order valence-electron chi connectivity index (χ2n) is 7.85. The lowest BCUT2D eigenvalue weighted by Crippen LogP contribution is -2.39. The molecule has 3 unspecified atom stereocenters. The maximum absolute atomic E-state index is 12.6. The Balaban J connectivity index is 0.000000316. The van der Waals surface area contributed by atoms with E-state index in [2.05, 4.69) is 13.8 Å². The van der Waals surface area contributed by atoms with Gasteiger partial charge in [-0.05, 0) is 60.4 Å². The van der Waals surface area contributed by atoms with E-state index in [0.717, 1.165) is 30.9 Å². The summed E-state index contributed by atoms with van der Waals surface area (Å²) in [5.74, 6) is 0.713. The van der Waals surface area contributed by atoms with Crippen molar-refractivity contribution in [3.05, 3.63) is 65.2 Å². The first-order chi connectivity index (χ1) is 14.1. The molecule has 4 nitrogen and oxygen atoms in total. The van der Waals surface area contributed by atoms with E-state index < -0.39 is 21.9 Å². The van der Waals surface area contributed by atoms with Gasteiger partial charge in [0, 0.05) is 0 Å². The molecule has 8 heteroatoms. The highest BCUT2D eigenvalue weighted by atomic mass is 32.2. The van der Waals surface area contributed by atoms with Crippen LogP contribution in [0, 0.1) is 0 Å². The topological polar surface area (TPSA) is 74.6 Å². The van der Waals surface area contributed by atoms with Crippen molar-refractivity contribution in [2.24, 2.45) is 0 Å². The summed E-state index contributed by atoms with van der Waals surface area (Å²) < 4.78 is 68.0. The van der Waals surface area contributed by atoms with E-state index in [4.69, 9.17) is 4.55 Å². The zero-order chi connectivity index (χ0) is 24.0. The molecule has 2 N–H and O–H groups in total. The highest BCUT2D eigenvalue weighted by Crippen LogP contribution is 2.38. The maximum Gasteiger partial charge on any atom is 0.421 e. The van der Waals surface area contributed by atoms with Crippen LogP contribution in [0.15, 0.2) is 53.4 Å². The Labute approximate surface area is 182 Å². The van der Waals surface area contributed by atoms with Crippen LogP contribution in [0.25, 0.3) is 0 Å². The molecule has 0 aromatic heterocycles. The fraction of sp³-hybridized carbons (Fsp3) is 0.478. The third-order valence-corrected chi connectivity index (χ3v) is 6.43. The molecule has 0 aliphatic carbocycles. The van der Waals surface area contributed by atoms with Gasteiger partial charge in [0.2, 0.25) is 0 Å². The SMILES string of the molecule is CCC(C)c1ccc(C(C)(O)C(F)(F)F)cc1.CCC(C)c1ccc(S(=O)(=O)O)cc1. The van der Waals surface area contributed by atoms with Crippen molar-refractivity contribution in [1.82, 2.24) is 0 Å². The van der Waals surface area contributed by atoms with Crippen LogP contribution < -0.4 is 0 Å². The normalized spacial score (nSPS) is 15.9. The van der Waals surface area contributed by atoms with E-state index in [0.29, 0.717) is 11.8 Å². The van der Waals surface area contributed by atoms with Crippen LogP contribution in [0.3, 0.4) is 0 Å². The smallest absolute Gasteiger partial charge is 0.376 e. The Morgan fingerprint density at radius 1 is 0.839 bits per heavy atom. The molecule has 0 saturated carbocycles. The average Bonchev–Trinajstić information content (AvgIpc) is 2.71. The van der Waals surface area contributed by atoms with Gasteiger partial charge in [-0.15, -0.1) is 0 Å². The molecule has 0 aliphatic rings. The van der Waals surface area contributed by atoms with Gasteiger partial charge in [0.25, 0.3) is 10.1 Å². The molecule has 0 saturated heterocycles. The molecule has 0 radical (unpaired) electrons. The molecular weight excluding hydrogens is 429 g/mol. The Kier molecular flexibility index (Phi) is 9.29. The summed E-state index contributed by atoms with van der Waals surface area (Å²) in [4.78, 5) is -0.0513. The van der Waals surface area contributed by atoms with Gasteiger partial charge in [-0.2, -0.15) is 21.6 Å². The van der Waals surface area contributed by atoms with Crippen molar-refractivity contribution in [2.45, 2.75) is 76.0 Å². The third-order valence-electron chi connectivity index (χ3n) is 5.57. The fourth-order valence-electron chi connectivity index (χ4n) is 2.74. The van der Waals surface area contributed by atoms with Crippen molar-refractivity contribution < 1.29 is 31.2 Å². The predicted molar refractivity (Wildman–Crippen MR) is 116 cm³/mol. The Bertz CT molecular complexity index is 919. The number of halogens is 3. The second kappa shape index (κ2) is 10.6. The van der Waals surface area contributed by atoms with Gasteiger partial charge in [-0.3, -0.25) is 4.55 Å². The number of benzene rings is 2. The molecule has 2 rings (SSSR count). The van der Waals surface area contributed by atoms with Crippen molar-refractivity contribution >= 4 is 10.1 Å². The molecular formula is C23H31F3O4S. The predicted octanol–water partition coefficient (Wildman–Crippen LogP) is 6.42. The van der Waals surface area contributed by atoms with E-state index in [9.17, 15) is 26.7 Å². The van der Waals surface area contributed by atoms with Gasteiger partial charge in [0.1, 0.15) is 0 Å². The first kappa shape index (κ1) is 27.1. The lowest BCUT2D eigenvalue weighted by Gasteiger charge is -2.27. The zero-order valence-electron chi connectivity index (χ0n) is 18.4. The quantitative estimate of drug-likeness (QED) is 0.488. The Morgan fingerprint density at radius 2 is 1.19 bits per heavy atom. The number of aliphatic hydroxyl groups is 1. The van der Waals surface area contributed by atoms with Crippen LogP contribution in [-0.4, -0.2) is 24.3 Å². The van der Waals surface area contributed by atoms with Gasteiger partial charge >= 0.3 is 6.18 Å². The van der Waals surface area contributed by atoms with Gasteiger partial charge in [0.05, 0.1) is 4.90 Å². The molecule has 31 heavy (non-hydrogen) atoms. The lowest BCUT2D eigenvalue weighted by atomic mass is 9.91. The third kappa shape index (κ3) is 7.33. The fourth-order valence-corrected chi connectivity index (χ4v) is 3.22. The van der Waals surface area contributed by atoms with Gasteiger partial charge in [-0.25, -0.2) is 0 Å². The van der Waals surface area contributed by atoms with Gasteiger partial charge in [0.15, 0.2) is 5.60 Å². The molecule has 0 amide bonds. The van der Waals surface area contributed by atoms with E-state index in [1.54, 1.807) is 24.3 Å². The Morgan fingerprint density at radius 3 is 1.48 bits per heavy atom.